The molecule has 7 nitrogen and oxygen atoms in total. The summed E-state index contributed by atoms with van der Waals surface area (Å²) in [4.78, 5) is 20.4. The summed E-state index contributed by atoms with van der Waals surface area (Å²) in [5.74, 6) is 0.893. The van der Waals surface area contributed by atoms with E-state index in [2.05, 4.69) is 20.6 Å². The first-order chi connectivity index (χ1) is 11.8. The van der Waals surface area contributed by atoms with E-state index in [1.165, 1.54) is 12.4 Å². The Balaban J connectivity index is 1.59. The Bertz CT molecular complexity index is 684. The summed E-state index contributed by atoms with van der Waals surface area (Å²) in [6, 6.07) is 7.48. The number of carbonyl (C=O) groups is 1. The van der Waals surface area contributed by atoms with Gasteiger partial charge in [0.25, 0.3) is 5.91 Å². The summed E-state index contributed by atoms with van der Waals surface area (Å²) in [6.45, 7) is 1.28. The molecule has 7 heteroatoms. The molecule has 0 aliphatic carbocycles. The maximum atomic E-state index is 12.1. The van der Waals surface area contributed by atoms with Crippen LogP contribution >= 0.6 is 0 Å². The fourth-order valence-electron chi connectivity index (χ4n) is 2.49. The first kappa shape index (κ1) is 16.2. The Morgan fingerprint density at radius 3 is 2.83 bits per heavy atom. The van der Waals surface area contributed by atoms with Crippen LogP contribution in [0.2, 0.25) is 0 Å². The van der Waals surface area contributed by atoms with Gasteiger partial charge in [-0.25, -0.2) is 9.97 Å². The molecule has 1 aliphatic heterocycles. The van der Waals surface area contributed by atoms with Crippen molar-refractivity contribution in [3.63, 3.8) is 0 Å². The van der Waals surface area contributed by atoms with Gasteiger partial charge < -0.3 is 20.1 Å². The Morgan fingerprint density at radius 1 is 1.33 bits per heavy atom. The molecule has 1 atom stereocenters. The van der Waals surface area contributed by atoms with Gasteiger partial charge in [-0.2, -0.15) is 0 Å². The number of amides is 1. The highest BCUT2D eigenvalue weighted by molar-refractivity contribution is 5.93. The predicted molar refractivity (Wildman–Crippen MR) is 89.6 cm³/mol. The Hall–Kier alpha value is -2.67. The largest absolute Gasteiger partial charge is 0.495 e. The molecule has 0 saturated carbocycles. The van der Waals surface area contributed by atoms with E-state index in [1.54, 1.807) is 7.11 Å². The molecular formula is C17H20N4O3. The average molecular weight is 328 g/mol. The third kappa shape index (κ3) is 3.99. The van der Waals surface area contributed by atoms with Crippen LogP contribution in [0.5, 0.6) is 5.75 Å². The van der Waals surface area contributed by atoms with Crippen LogP contribution in [-0.4, -0.2) is 42.2 Å². The van der Waals surface area contributed by atoms with Gasteiger partial charge >= 0.3 is 0 Å². The lowest BCUT2D eigenvalue weighted by atomic mass is 10.2. The van der Waals surface area contributed by atoms with Crippen molar-refractivity contribution in [2.24, 2.45) is 0 Å². The zero-order chi connectivity index (χ0) is 16.8. The molecule has 2 N–H and O–H groups in total. The van der Waals surface area contributed by atoms with E-state index in [4.69, 9.17) is 9.47 Å². The number of hydrogen-bond donors (Lipinski definition) is 2. The number of aromatic nitrogens is 2. The van der Waals surface area contributed by atoms with E-state index in [9.17, 15) is 4.79 Å². The minimum absolute atomic E-state index is 0.112. The summed E-state index contributed by atoms with van der Waals surface area (Å²) < 4.78 is 10.7. The maximum Gasteiger partial charge on any atom is 0.254 e. The van der Waals surface area contributed by atoms with Gasteiger partial charge in [0.15, 0.2) is 0 Å². The van der Waals surface area contributed by atoms with Crippen LogP contribution < -0.4 is 15.4 Å². The Morgan fingerprint density at radius 2 is 2.12 bits per heavy atom. The van der Waals surface area contributed by atoms with Gasteiger partial charge in [0.1, 0.15) is 5.75 Å². The quantitative estimate of drug-likeness (QED) is 0.845. The minimum atomic E-state index is -0.200. The number of ether oxygens (including phenoxy) is 2. The predicted octanol–water partition coefficient (Wildman–Crippen LogP) is 2.14. The van der Waals surface area contributed by atoms with Crippen LogP contribution in [0.25, 0.3) is 0 Å². The molecule has 0 spiro atoms. The van der Waals surface area contributed by atoms with E-state index >= 15 is 0 Å². The van der Waals surface area contributed by atoms with Gasteiger partial charge in [-0.3, -0.25) is 4.79 Å². The molecule has 1 aromatic heterocycles. The average Bonchev–Trinajstić information content (AvgIpc) is 3.14. The normalized spacial score (nSPS) is 16.6. The van der Waals surface area contributed by atoms with Crippen LogP contribution in [-0.2, 0) is 4.74 Å². The second-order valence-electron chi connectivity index (χ2n) is 5.47. The number of rotatable bonds is 6. The number of hydrogen-bond acceptors (Lipinski definition) is 6. The molecular weight excluding hydrogens is 308 g/mol. The monoisotopic (exact) mass is 328 g/mol. The number of nitrogens with zero attached hydrogens (tertiary/aromatic N) is 2. The number of anilines is 2. The topological polar surface area (TPSA) is 85.4 Å². The van der Waals surface area contributed by atoms with Gasteiger partial charge in [0, 0.05) is 25.5 Å². The van der Waals surface area contributed by atoms with E-state index in [0.29, 0.717) is 23.8 Å². The highest BCUT2D eigenvalue weighted by atomic mass is 16.5. The summed E-state index contributed by atoms with van der Waals surface area (Å²) in [5, 5.41) is 5.91. The van der Waals surface area contributed by atoms with Gasteiger partial charge in [-0.05, 0) is 25.0 Å². The lowest BCUT2D eigenvalue weighted by molar-refractivity contribution is 0.0857. The van der Waals surface area contributed by atoms with E-state index < -0.39 is 0 Å². The molecule has 1 aliphatic rings. The van der Waals surface area contributed by atoms with E-state index in [-0.39, 0.29) is 12.0 Å². The molecule has 1 unspecified atom stereocenters. The standard InChI is InChI=1S/C17H20N4O3/c1-23-15-7-3-2-6-14(15)21-17-19-9-12(10-20-17)16(22)18-11-13-5-4-8-24-13/h2-3,6-7,9-10,13H,4-5,8,11H2,1H3,(H,18,22)(H,19,20,21). The third-order valence-corrected chi connectivity index (χ3v) is 3.78. The SMILES string of the molecule is COc1ccccc1Nc1ncc(C(=O)NCC2CCCO2)cn1. The first-order valence-corrected chi connectivity index (χ1v) is 7.88. The molecule has 126 valence electrons. The van der Waals surface area contributed by atoms with Gasteiger partial charge in [0.2, 0.25) is 5.95 Å². The van der Waals surface area contributed by atoms with Crippen molar-refractivity contribution in [1.82, 2.24) is 15.3 Å². The zero-order valence-corrected chi connectivity index (χ0v) is 13.5. The fourth-order valence-corrected chi connectivity index (χ4v) is 2.49. The number of para-hydroxylation sites is 2. The number of carbonyl (C=O) groups excluding carboxylic acids is 1. The Kier molecular flexibility index (Phi) is 5.22. The van der Waals surface area contributed by atoms with Gasteiger partial charge in [-0.15, -0.1) is 0 Å². The number of benzene rings is 1. The van der Waals surface area contributed by atoms with E-state index in [1.807, 2.05) is 24.3 Å². The van der Waals surface area contributed by atoms with Crippen molar-refractivity contribution in [3.8, 4) is 5.75 Å². The van der Waals surface area contributed by atoms with Crippen LogP contribution in [0.4, 0.5) is 11.6 Å². The van der Waals surface area contributed by atoms with Crippen LogP contribution in [0.15, 0.2) is 36.7 Å². The first-order valence-electron chi connectivity index (χ1n) is 7.88. The lowest BCUT2D eigenvalue weighted by Crippen LogP contribution is -2.31. The van der Waals surface area contributed by atoms with Crippen LogP contribution in [0.1, 0.15) is 23.2 Å². The second kappa shape index (κ2) is 7.74. The van der Waals surface area contributed by atoms with Crippen molar-refractivity contribution in [2.75, 3.05) is 25.6 Å². The highest BCUT2D eigenvalue weighted by Crippen LogP contribution is 2.25. The van der Waals surface area contributed by atoms with Crippen LogP contribution in [0, 0.1) is 0 Å². The molecule has 2 aromatic rings. The third-order valence-electron chi connectivity index (χ3n) is 3.78. The summed E-state index contributed by atoms with van der Waals surface area (Å²) in [5.41, 5.74) is 1.18. The second-order valence-corrected chi connectivity index (χ2v) is 5.47. The molecule has 1 saturated heterocycles. The smallest absolute Gasteiger partial charge is 0.254 e. The molecule has 0 radical (unpaired) electrons. The highest BCUT2D eigenvalue weighted by Gasteiger charge is 2.17. The van der Waals surface area contributed by atoms with Gasteiger partial charge in [-0.1, -0.05) is 12.1 Å². The summed E-state index contributed by atoms with van der Waals surface area (Å²) in [7, 11) is 1.60. The Labute approximate surface area is 140 Å². The lowest BCUT2D eigenvalue weighted by Gasteiger charge is -2.11. The molecule has 3 rings (SSSR count). The van der Waals surface area contributed by atoms with E-state index in [0.717, 1.165) is 25.1 Å². The number of methoxy groups -OCH3 is 1. The van der Waals surface area contributed by atoms with Crippen molar-refractivity contribution in [1.29, 1.82) is 0 Å². The molecule has 24 heavy (non-hydrogen) atoms. The molecule has 2 heterocycles. The summed E-state index contributed by atoms with van der Waals surface area (Å²) >= 11 is 0. The minimum Gasteiger partial charge on any atom is -0.495 e. The fraction of sp³-hybridized carbons (Fsp3) is 0.353. The van der Waals surface area contributed by atoms with Crippen molar-refractivity contribution >= 4 is 17.5 Å². The molecule has 0 bridgehead atoms. The van der Waals surface area contributed by atoms with Crippen LogP contribution in [0.3, 0.4) is 0 Å². The number of nitrogens with one attached hydrogen (secondary N) is 2. The maximum absolute atomic E-state index is 12.1. The van der Waals surface area contributed by atoms with Crippen molar-refractivity contribution in [3.05, 3.63) is 42.2 Å². The zero-order valence-electron chi connectivity index (χ0n) is 13.5. The summed E-state index contributed by atoms with van der Waals surface area (Å²) in [6.07, 6.45) is 5.14. The molecule has 1 amide bonds. The van der Waals surface area contributed by atoms with Crippen molar-refractivity contribution in [2.45, 2.75) is 18.9 Å². The van der Waals surface area contributed by atoms with Gasteiger partial charge in [0.05, 0.1) is 24.5 Å². The molecule has 1 fully saturated rings. The molecule has 1 aromatic carbocycles. The van der Waals surface area contributed by atoms with Crippen molar-refractivity contribution < 1.29 is 14.3 Å².